The van der Waals surface area contributed by atoms with E-state index in [0.717, 1.165) is 28.9 Å². The SMILES string of the molecule is Cc1ccc(N2CC(c3noc(-c4ccc(C(F)(F)F)cc4)n3)CC2=O)c(C)c1. The Morgan fingerprint density at radius 2 is 1.83 bits per heavy atom. The van der Waals surface area contributed by atoms with Crippen LogP contribution in [0.5, 0.6) is 0 Å². The number of aryl methyl sites for hydroxylation is 2. The molecule has 2 aromatic carbocycles. The molecule has 1 unspecified atom stereocenters. The largest absolute Gasteiger partial charge is 0.416 e. The summed E-state index contributed by atoms with van der Waals surface area (Å²) in [6, 6.07) is 10.4. The number of hydrogen-bond acceptors (Lipinski definition) is 4. The van der Waals surface area contributed by atoms with E-state index in [-0.39, 0.29) is 24.1 Å². The standard InChI is InChI=1S/C21H18F3N3O2/c1-12-3-8-17(13(2)9-12)27-11-15(10-18(27)28)19-25-20(29-26-19)14-4-6-16(7-5-14)21(22,23)24/h3-9,15H,10-11H2,1-2H3. The van der Waals surface area contributed by atoms with Crippen molar-refractivity contribution in [2.45, 2.75) is 32.4 Å². The molecule has 29 heavy (non-hydrogen) atoms. The van der Waals surface area contributed by atoms with Crippen LogP contribution < -0.4 is 4.90 Å². The normalized spacial score (nSPS) is 17.2. The number of benzene rings is 2. The molecule has 1 aliphatic heterocycles. The van der Waals surface area contributed by atoms with Crippen molar-refractivity contribution in [2.24, 2.45) is 0 Å². The molecule has 1 fully saturated rings. The van der Waals surface area contributed by atoms with Gasteiger partial charge >= 0.3 is 6.18 Å². The molecule has 150 valence electrons. The molecule has 0 aliphatic carbocycles. The van der Waals surface area contributed by atoms with Crippen LogP contribution in [-0.2, 0) is 11.0 Å². The number of alkyl halides is 3. The van der Waals surface area contributed by atoms with Gasteiger partial charge in [-0.3, -0.25) is 4.79 Å². The zero-order valence-corrected chi connectivity index (χ0v) is 15.8. The fourth-order valence-corrected chi connectivity index (χ4v) is 3.54. The smallest absolute Gasteiger partial charge is 0.334 e. The minimum absolute atomic E-state index is 0.0252. The van der Waals surface area contributed by atoms with Crippen LogP contribution in [0.2, 0.25) is 0 Å². The maximum Gasteiger partial charge on any atom is 0.416 e. The van der Waals surface area contributed by atoms with Gasteiger partial charge in [0.1, 0.15) is 0 Å². The molecular weight excluding hydrogens is 383 g/mol. The van der Waals surface area contributed by atoms with Gasteiger partial charge in [-0.1, -0.05) is 22.9 Å². The molecule has 1 amide bonds. The lowest BCUT2D eigenvalue weighted by atomic mass is 10.1. The maximum atomic E-state index is 12.7. The molecule has 0 saturated carbocycles. The third-order valence-corrected chi connectivity index (χ3v) is 5.03. The third kappa shape index (κ3) is 3.74. The van der Waals surface area contributed by atoms with Crippen molar-refractivity contribution in [3.8, 4) is 11.5 Å². The molecule has 0 radical (unpaired) electrons. The summed E-state index contributed by atoms with van der Waals surface area (Å²) in [5.41, 5.74) is 2.64. The van der Waals surface area contributed by atoms with Crippen LogP contribution in [0.3, 0.4) is 0 Å². The fourth-order valence-electron chi connectivity index (χ4n) is 3.54. The molecule has 1 saturated heterocycles. The van der Waals surface area contributed by atoms with E-state index in [2.05, 4.69) is 10.1 Å². The number of carbonyl (C=O) groups excluding carboxylic acids is 1. The summed E-state index contributed by atoms with van der Waals surface area (Å²) in [6.45, 7) is 4.38. The Morgan fingerprint density at radius 3 is 2.48 bits per heavy atom. The van der Waals surface area contributed by atoms with Crippen molar-refractivity contribution in [1.82, 2.24) is 10.1 Å². The first-order chi connectivity index (χ1) is 13.7. The molecule has 8 heteroatoms. The predicted octanol–water partition coefficient (Wildman–Crippen LogP) is 4.89. The average molecular weight is 401 g/mol. The second-order valence-corrected chi connectivity index (χ2v) is 7.23. The minimum atomic E-state index is -4.40. The number of carbonyl (C=O) groups is 1. The number of hydrogen-bond donors (Lipinski definition) is 0. The molecule has 3 aromatic rings. The van der Waals surface area contributed by atoms with Gasteiger partial charge < -0.3 is 9.42 Å². The first-order valence-electron chi connectivity index (χ1n) is 9.11. The second-order valence-electron chi connectivity index (χ2n) is 7.23. The molecular formula is C21H18F3N3O2. The predicted molar refractivity (Wildman–Crippen MR) is 100 cm³/mol. The average Bonchev–Trinajstić information content (AvgIpc) is 3.28. The summed E-state index contributed by atoms with van der Waals surface area (Å²) in [5, 5.41) is 3.96. The minimum Gasteiger partial charge on any atom is -0.334 e. The Balaban J connectivity index is 1.53. The summed E-state index contributed by atoms with van der Waals surface area (Å²) in [7, 11) is 0. The van der Waals surface area contributed by atoms with Gasteiger partial charge in [-0.25, -0.2) is 0 Å². The van der Waals surface area contributed by atoms with Gasteiger partial charge in [0.15, 0.2) is 5.82 Å². The molecule has 1 aliphatic rings. The molecule has 1 atom stereocenters. The van der Waals surface area contributed by atoms with Crippen molar-refractivity contribution >= 4 is 11.6 Å². The van der Waals surface area contributed by atoms with Crippen molar-refractivity contribution < 1.29 is 22.5 Å². The summed E-state index contributed by atoms with van der Waals surface area (Å²) in [4.78, 5) is 18.6. The van der Waals surface area contributed by atoms with Crippen LogP contribution in [0.4, 0.5) is 18.9 Å². The highest BCUT2D eigenvalue weighted by Crippen LogP contribution is 2.34. The molecule has 4 rings (SSSR count). The number of anilines is 1. The van der Waals surface area contributed by atoms with E-state index < -0.39 is 11.7 Å². The number of amides is 1. The Labute approximate surface area is 165 Å². The lowest BCUT2D eigenvalue weighted by Gasteiger charge is -2.19. The molecule has 2 heterocycles. The molecule has 0 spiro atoms. The van der Waals surface area contributed by atoms with Crippen molar-refractivity contribution in [3.63, 3.8) is 0 Å². The highest BCUT2D eigenvalue weighted by Gasteiger charge is 2.35. The van der Waals surface area contributed by atoms with Gasteiger partial charge in [-0.2, -0.15) is 18.2 Å². The van der Waals surface area contributed by atoms with E-state index >= 15 is 0 Å². The van der Waals surface area contributed by atoms with Crippen molar-refractivity contribution in [3.05, 3.63) is 65.0 Å². The van der Waals surface area contributed by atoms with Crippen molar-refractivity contribution in [1.29, 1.82) is 0 Å². The van der Waals surface area contributed by atoms with E-state index in [1.165, 1.54) is 12.1 Å². The lowest BCUT2D eigenvalue weighted by Crippen LogP contribution is -2.25. The number of halogens is 3. The van der Waals surface area contributed by atoms with Gasteiger partial charge in [-0.15, -0.1) is 0 Å². The second kappa shape index (κ2) is 7.02. The molecule has 1 aromatic heterocycles. The zero-order valence-electron chi connectivity index (χ0n) is 15.8. The van der Waals surface area contributed by atoms with Crippen LogP contribution in [0.25, 0.3) is 11.5 Å². The van der Waals surface area contributed by atoms with E-state index in [1.807, 2.05) is 32.0 Å². The molecule has 0 N–H and O–H groups in total. The molecule has 0 bridgehead atoms. The first kappa shape index (κ1) is 19.2. The summed E-state index contributed by atoms with van der Waals surface area (Å²) in [5.74, 6) is 0.240. The molecule has 5 nitrogen and oxygen atoms in total. The number of aromatic nitrogens is 2. The Bertz CT molecular complexity index is 1060. The highest BCUT2D eigenvalue weighted by atomic mass is 19.4. The van der Waals surface area contributed by atoms with Crippen LogP contribution in [0.1, 0.15) is 34.9 Å². The Hall–Kier alpha value is -3.16. The summed E-state index contributed by atoms with van der Waals surface area (Å²) in [6.07, 6.45) is -4.15. The first-order valence-corrected chi connectivity index (χ1v) is 9.11. The van der Waals surface area contributed by atoms with Gasteiger partial charge in [0, 0.05) is 30.1 Å². The van der Waals surface area contributed by atoms with Crippen LogP contribution in [0.15, 0.2) is 47.0 Å². The van der Waals surface area contributed by atoms with Gasteiger partial charge in [-0.05, 0) is 49.7 Å². The van der Waals surface area contributed by atoms with Gasteiger partial charge in [0.2, 0.25) is 5.91 Å². The van der Waals surface area contributed by atoms with Gasteiger partial charge in [0.05, 0.1) is 5.56 Å². The van der Waals surface area contributed by atoms with E-state index in [1.54, 1.807) is 4.90 Å². The van der Waals surface area contributed by atoms with E-state index in [9.17, 15) is 18.0 Å². The van der Waals surface area contributed by atoms with Crippen LogP contribution in [0, 0.1) is 13.8 Å². The lowest BCUT2D eigenvalue weighted by molar-refractivity contribution is -0.137. The summed E-state index contributed by atoms with van der Waals surface area (Å²) >= 11 is 0. The van der Waals surface area contributed by atoms with Crippen molar-refractivity contribution in [2.75, 3.05) is 11.4 Å². The van der Waals surface area contributed by atoms with Crippen LogP contribution in [-0.4, -0.2) is 22.6 Å². The monoisotopic (exact) mass is 401 g/mol. The third-order valence-electron chi connectivity index (χ3n) is 5.03. The van der Waals surface area contributed by atoms with E-state index in [4.69, 9.17) is 4.52 Å². The highest BCUT2D eigenvalue weighted by molar-refractivity contribution is 5.97. The fraction of sp³-hybridized carbons (Fsp3) is 0.286. The van der Waals surface area contributed by atoms with E-state index in [0.29, 0.717) is 17.9 Å². The number of rotatable bonds is 3. The number of nitrogens with zero attached hydrogens (tertiary/aromatic N) is 3. The zero-order chi connectivity index (χ0) is 20.8. The quantitative estimate of drug-likeness (QED) is 0.627. The summed E-state index contributed by atoms with van der Waals surface area (Å²) < 4.78 is 43.4. The van der Waals surface area contributed by atoms with Gasteiger partial charge in [0.25, 0.3) is 5.89 Å². The topological polar surface area (TPSA) is 59.2 Å². The Kier molecular flexibility index (Phi) is 4.64. The maximum absolute atomic E-state index is 12.7. The Morgan fingerprint density at radius 1 is 1.10 bits per heavy atom. The van der Waals surface area contributed by atoms with Crippen LogP contribution >= 0.6 is 0 Å².